The fraction of sp³-hybridized carbons (Fsp3) is 0.200. The van der Waals surface area contributed by atoms with Crippen molar-refractivity contribution in [1.29, 1.82) is 0 Å². The van der Waals surface area contributed by atoms with E-state index in [1.165, 1.54) is 23.5 Å². The molecule has 28 heavy (non-hydrogen) atoms. The molecule has 2 aromatic carbocycles. The Morgan fingerprint density at radius 2 is 1.89 bits per heavy atom. The predicted octanol–water partition coefficient (Wildman–Crippen LogP) is 4.69. The van der Waals surface area contributed by atoms with Crippen LogP contribution < -0.4 is 10.1 Å². The third kappa shape index (κ3) is 5.14. The fourth-order valence-corrected chi connectivity index (χ4v) is 3.31. The summed E-state index contributed by atoms with van der Waals surface area (Å²) in [5.41, 5.74) is 2.52. The summed E-state index contributed by atoms with van der Waals surface area (Å²) in [5.74, 6) is 0.704. The van der Waals surface area contributed by atoms with Crippen molar-refractivity contribution in [2.24, 2.45) is 0 Å². The number of non-ortho nitro benzene ring substituents is 1. The molecule has 1 amide bonds. The van der Waals surface area contributed by atoms with Crippen LogP contribution in [-0.2, 0) is 11.2 Å². The Labute approximate surface area is 166 Å². The topological polar surface area (TPSA) is 94.4 Å². The Bertz CT molecular complexity index is 952. The lowest BCUT2D eigenvalue weighted by molar-refractivity contribution is -0.384. The summed E-state index contributed by atoms with van der Waals surface area (Å²) >= 11 is 1.32. The van der Waals surface area contributed by atoms with Gasteiger partial charge < -0.3 is 10.1 Å². The van der Waals surface area contributed by atoms with E-state index in [2.05, 4.69) is 10.3 Å². The smallest absolute Gasteiger partial charge is 0.269 e. The molecule has 3 aromatic rings. The number of nitro benzene ring substituents is 1. The zero-order valence-electron chi connectivity index (χ0n) is 15.3. The highest BCUT2D eigenvalue weighted by Gasteiger charge is 2.10. The first kappa shape index (κ1) is 19.5. The van der Waals surface area contributed by atoms with Gasteiger partial charge in [-0.2, -0.15) is 0 Å². The van der Waals surface area contributed by atoms with Crippen LogP contribution in [0.1, 0.15) is 18.9 Å². The molecule has 0 aliphatic rings. The van der Waals surface area contributed by atoms with Gasteiger partial charge in [-0.1, -0.05) is 12.1 Å². The van der Waals surface area contributed by atoms with Gasteiger partial charge in [-0.3, -0.25) is 14.9 Å². The average molecular weight is 397 g/mol. The lowest BCUT2D eigenvalue weighted by atomic mass is 10.1. The second-order valence-corrected chi connectivity index (χ2v) is 6.83. The van der Waals surface area contributed by atoms with E-state index in [-0.39, 0.29) is 11.6 Å². The lowest BCUT2D eigenvalue weighted by Crippen LogP contribution is -2.12. The lowest BCUT2D eigenvalue weighted by Gasteiger charge is -2.05. The number of thiazole rings is 1. The number of hydrogen-bond donors (Lipinski definition) is 1. The summed E-state index contributed by atoms with van der Waals surface area (Å²) in [7, 11) is 0. The monoisotopic (exact) mass is 397 g/mol. The molecule has 0 aliphatic heterocycles. The van der Waals surface area contributed by atoms with E-state index in [1.54, 1.807) is 12.1 Å². The van der Waals surface area contributed by atoms with Crippen LogP contribution in [0.3, 0.4) is 0 Å². The number of nitrogens with zero attached hydrogens (tertiary/aromatic N) is 2. The van der Waals surface area contributed by atoms with Gasteiger partial charge >= 0.3 is 0 Å². The van der Waals surface area contributed by atoms with Crippen LogP contribution >= 0.6 is 11.3 Å². The van der Waals surface area contributed by atoms with Gasteiger partial charge in [0.05, 0.1) is 17.2 Å². The molecule has 0 bridgehead atoms. The number of carbonyl (C=O) groups excluding carboxylic acids is 1. The number of aryl methyl sites for hydroxylation is 1. The van der Waals surface area contributed by atoms with Gasteiger partial charge in [-0.25, -0.2) is 4.98 Å². The molecule has 1 aromatic heterocycles. The number of ether oxygens (including phenoxy) is 1. The molecule has 0 saturated carbocycles. The standard InChI is InChI=1S/C20H19N3O4S/c1-2-27-17-10-3-14(4-11-17)5-12-19(24)22-20-21-18(13-28-20)15-6-8-16(9-7-15)23(25)26/h3-4,6-11,13H,2,5,12H2,1H3,(H,21,22,24). The molecule has 3 rings (SSSR count). The molecule has 0 radical (unpaired) electrons. The largest absolute Gasteiger partial charge is 0.494 e. The molecular formula is C20H19N3O4S. The van der Waals surface area contributed by atoms with Crippen LogP contribution in [0.2, 0.25) is 0 Å². The number of carbonyl (C=O) groups is 1. The normalized spacial score (nSPS) is 10.5. The van der Waals surface area contributed by atoms with E-state index in [0.29, 0.717) is 30.3 Å². The van der Waals surface area contributed by atoms with E-state index in [9.17, 15) is 14.9 Å². The summed E-state index contributed by atoms with van der Waals surface area (Å²) < 4.78 is 5.40. The summed E-state index contributed by atoms with van der Waals surface area (Å²) in [6, 6.07) is 13.9. The second kappa shape index (κ2) is 9.09. The van der Waals surface area contributed by atoms with Gasteiger partial charge in [0, 0.05) is 29.5 Å². The SMILES string of the molecule is CCOc1ccc(CCC(=O)Nc2nc(-c3ccc([N+](=O)[O-])cc3)cs2)cc1. The van der Waals surface area contributed by atoms with Crippen molar-refractivity contribution in [3.63, 3.8) is 0 Å². The van der Waals surface area contributed by atoms with Gasteiger partial charge in [0.25, 0.3) is 5.69 Å². The molecular weight excluding hydrogens is 378 g/mol. The zero-order valence-corrected chi connectivity index (χ0v) is 16.1. The molecule has 1 heterocycles. The van der Waals surface area contributed by atoms with Crippen molar-refractivity contribution < 1.29 is 14.5 Å². The van der Waals surface area contributed by atoms with Crippen molar-refractivity contribution in [1.82, 2.24) is 4.98 Å². The Morgan fingerprint density at radius 1 is 1.18 bits per heavy atom. The molecule has 0 saturated heterocycles. The molecule has 144 valence electrons. The Kier molecular flexibility index (Phi) is 6.33. The third-order valence-electron chi connectivity index (χ3n) is 4.00. The van der Waals surface area contributed by atoms with Crippen LogP contribution in [0.4, 0.5) is 10.8 Å². The molecule has 8 heteroatoms. The minimum Gasteiger partial charge on any atom is -0.494 e. The average Bonchev–Trinajstić information content (AvgIpc) is 3.16. The number of benzene rings is 2. The molecule has 1 N–H and O–H groups in total. The number of rotatable bonds is 8. The molecule has 0 spiro atoms. The molecule has 0 atom stereocenters. The first-order chi connectivity index (χ1) is 13.5. The highest BCUT2D eigenvalue weighted by atomic mass is 32.1. The Balaban J connectivity index is 1.54. The Morgan fingerprint density at radius 3 is 2.54 bits per heavy atom. The molecule has 0 unspecified atom stereocenters. The van der Waals surface area contributed by atoms with Crippen LogP contribution in [0.25, 0.3) is 11.3 Å². The number of aromatic nitrogens is 1. The minimum absolute atomic E-state index is 0.0294. The first-order valence-corrected chi connectivity index (χ1v) is 9.65. The van der Waals surface area contributed by atoms with Crippen molar-refractivity contribution in [3.8, 4) is 17.0 Å². The van der Waals surface area contributed by atoms with E-state index in [1.807, 2.05) is 36.6 Å². The summed E-state index contributed by atoms with van der Waals surface area (Å²) in [5, 5.41) is 15.8. The predicted molar refractivity (Wildman–Crippen MR) is 109 cm³/mol. The van der Waals surface area contributed by atoms with Crippen LogP contribution in [0.5, 0.6) is 5.75 Å². The summed E-state index contributed by atoms with van der Waals surface area (Å²) in [6.07, 6.45) is 0.971. The van der Waals surface area contributed by atoms with Gasteiger partial charge in [-0.15, -0.1) is 11.3 Å². The van der Waals surface area contributed by atoms with E-state index in [4.69, 9.17) is 4.74 Å². The first-order valence-electron chi connectivity index (χ1n) is 8.77. The number of nitro groups is 1. The molecule has 0 fully saturated rings. The summed E-state index contributed by atoms with van der Waals surface area (Å²) in [6.45, 7) is 2.56. The van der Waals surface area contributed by atoms with E-state index in [0.717, 1.165) is 16.9 Å². The van der Waals surface area contributed by atoms with Gasteiger partial charge in [-0.05, 0) is 43.2 Å². The summed E-state index contributed by atoms with van der Waals surface area (Å²) in [4.78, 5) is 26.8. The zero-order chi connectivity index (χ0) is 19.9. The van der Waals surface area contributed by atoms with Crippen molar-refractivity contribution in [2.75, 3.05) is 11.9 Å². The maximum Gasteiger partial charge on any atom is 0.269 e. The van der Waals surface area contributed by atoms with E-state index >= 15 is 0 Å². The third-order valence-corrected chi connectivity index (χ3v) is 4.76. The number of nitrogens with one attached hydrogen (secondary N) is 1. The van der Waals surface area contributed by atoms with Crippen molar-refractivity contribution in [3.05, 3.63) is 69.6 Å². The molecule has 7 nitrogen and oxygen atoms in total. The minimum atomic E-state index is -0.444. The highest BCUT2D eigenvalue weighted by molar-refractivity contribution is 7.14. The Hall–Kier alpha value is -3.26. The maximum atomic E-state index is 12.2. The fourth-order valence-electron chi connectivity index (χ4n) is 2.58. The van der Waals surface area contributed by atoms with Crippen LogP contribution in [0.15, 0.2) is 53.9 Å². The second-order valence-electron chi connectivity index (χ2n) is 5.97. The van der Waals surface area contributed by atoms with Crippen molar-refractivity contribution in [2.45, 2.75) is 19.8 Å². The van der Waals surface area contributed by atoms with Crippen molar-refractivity contribution >= 4 is 28.1 Å². The van der Waals surface area contributed by atoms with E-state index < -0.39 is 4.92 Å². The quantitative estimate of drug-likeness (QED) is 0.440. The number of anilines is 1. The molecule has 0 aliphatic carbocycles. The van der Waals surface area contributed by atoms with Gasteiger partial charge in [0.15, 0.2) is 5.13 Å². The van der Waals surface area contributed by atoms with Crippen LogP contribution in [0, 0.1) is 10.1 Å². The highest BCUT2D eigenvalue weighted by Crippen LogP contribution is 2.26. The van der Waals surface area contributed by atoms with Gasteiger partial charge in [0.2, 0.25) is 5.91 Å². The van der Waals surface area contributed by atoms with Gasteiger partial charge in [0.1, 0.15) is 5.75 Å². The maximum absolute atomic E-state index is 12.2. The van der Waals surface area contributed by atoms with Crippen LogP contribution in [-0.4, -0.2) is 22.4 Å². The number of hydrogen-bond acceptors (Lipinski definition) is 6. The number of amides is 1.